The van der Waals surface area contributed by atoms with Gasteiger partial charge in [-0.2, -0.15) is 13.2 Å². The molecule has 2 N–H and O–H groups in total. The molecule has 1 unspecified atom stereocenters. The predicted molar refractivity (Wildman–Crippen MR) is 72.7 cm³/mol. The Hall–Kier alpha value is -1.60. The topological polar surface area (TPSA) is 50.4 Å². The molecule has 0 fully saturated rings. The standard InChI is InChI=1S/C14H19F3N2O2/c1-21-10-9-18-12(20)7-8-19-13(14(15,16)17)11-5-3-2-4-6-11/h2-6,13,19H,7-10H2,1H3,(H,18,20). The first-order valence-corrected chi connectivity index (χ1v) is 6.56. The average molecular weight is 304 g/mol. The van der Waals surface area contributed by atoms with E-state index in [4.69, 9.17) is 4.74 Å². The van der Waals surface area contributed by atoms with Gasteiger partial charge in [-0.1, -0.05) is 30.3 Å². The van der Waals surface area contributed by atoms with E-state index in [-0.39, 0.29) is 24.4 Å². The summed E-state index contributed by atoms with van der Waals surface area (Å²) in [5.41, 5.74) is 0.129. The van der Waals surface area contributed by atoms with Crippen molar-refractivity contribution >= 4 is 5.91 Å². The molecule has 0 heterocycles. The van der Waals surface area contributed by atoms with Crippen LogP contribution in [0.1, 0.15) is 18.0 Å². The van der Waals surface area contributed by atoms with Crippen molar-refractivity contribution in [2.75, 3.05) is 26.8 Å². The van der Waals surface area contributed by atoms with E-state index in [2.05, 4.69) is 10.6 Å². The Bertz CT molecular complexity index is 424. The van der Waals surface area contributed by atoms with Gasteiger partial charge in [0.25, 0.3) is 0 Å². The Morgan fingerprint density at radius 1 is 1.24 bits per heavy atom. The number of carbonyl (C=O) groups excluding carboxylic acids is 1. The van der Waals surface area contributed by atoms with Crippen LogP contribution in [0, 0.1) is 0 Å². The van der Waals surface area contributed by atoms with Crippen molar-refractivity contribution in [1.82, 2.24) is 10.6 Å². The highest BCUT2D eigenvalue weighted by molar-refractivity contribution is 5.76. The van der Waals surface area contributed by atoms with Gasteiger partial charge in [-0.3, -0.25) is 4.79 Å². The second kappa shape index (κ2) is 8.63. The van der Waals surface area contributed by atoms with E-state index in [0.717, 1.165) is 0 Å². The Kier molecular flexibility index (Phi) is 7.18. The fraction of sp³-hybridized carbons (Fsp3) is 0.500. The number of carbonyl (C=O) groups is 1. The number of nitrogens with one attached hydrogen (secondary N) is 2. The first kappa shape index (κ1) is 17.5. The van der Waals surface area contributed by atoms with Crippen molar-refractivity contribution in [2.45, 2.75) is 18.6 Å². The third-order valence-electron chi connectivity index (χ3n) is 2.79. The fourth-order valence-electron chi connectivity index (χ4n) is 1.78. The van der Waals surface area contributed by atoms with Crippen molar-refractivity contribution in [2.24, 2.45) is 0 Å². The molecule has 0 saturated carbocycles. The third kappa shape index (κ3) is 6.59. The zero-order valence-corrected chi connectivity index (χ0v) is 11.7. The second-order valence-electron chi connectivity index (χ2n) is 4.43. The molecule has 0 radical (unpaired) electrons. The molecule has 1 atom stereocenters. The van der Waals surface area contributed by atoms with Crippen LogP contribution >= 0.6 is 0 Å². The average Bonchev–Trinajstić information content (AvgIpc) is 2.43. The number of benzene rings is 1. The Morgan fingerprint density at radius 2 is 1.90 bits per heavy atom. The van der Waals surface area contributed by atoms with Crippen molar-refractivity contribution in [1.29, 1.82) is 0 Å². The summed E-state index contributed by atoms with van der Waals surface area (Å²) in [5.74, 6) is -0.312. The van der Waals surface area contributed by atoms with Gasteiger partial charge in [0.2, 0.25) is 5.91 Å². The lowest BCUT2D eigenvalue weighted by atomic mass is 10.1. The van der Waals surface area contributed by atoms with Crippen molar-refractivity contribution < 1.29 is 22.7 Å². The number of halogens is 3. The molecule has 4 nitrogen and oxygen atoms in total. The summed E-state index contributed by atoms with van der Waals surface area (Å²) in [5, 5.41) is 4.93. The van der Waals surface area contributed by atoms with Gasteiger partial charge in [0, 0.05) is 26.6 Å². The maximum Gasteiger partial charge on any atom is 0.407 e. The van der Waals surface area contributed by atoms with E-state index in [9.17, 15) is 18.0 Å². The molecule has 7 heteroatoms. The lowest BCUT2D eigenvalue weighted by Gasteiger charge is -2.22. The molecular formula is C14H19F3N2O2. The number of rotatable bonds is 8. The molecule has 0 aliphatic heterocycles. The lowest BCUT2D eigenvalue weighted by Crippen LogP contribution is -2.37. The number of ether oxygens (including phenoxy) is 1. The van der Waals surface area contributed by atoms with Crippen molar-refractivity contribution in [3.05, 3.63) is 35.9 Å². The van der Waals surface area contributed by atoms with Crippen LogP contribution in [0.25, 0.3) is 0 Å². The Balaban J connectivity index is 2.47. The second-order valence-corrected chi connectivity index (χ2v) is 4.43. The molecule has 0 aliphatic rings. The molecule has 21 heavy (non-hydrogen) atoms. The molecule has 0 aromatic heterocycles. The van der Waals surface area contributed by atoms with Crippen molar-refractivity contribution in [3.63, 3.8) is 0 Å². The van der Waals surface area contributed by atoms with E-state index in [0.29, 0.717) is 13.2 Å². The van der Waals surface area contributed by atoms with Gasteiger partial charge < -0.3 is 15.4 Å². The van der Waals surface area contributed by atoms with E-state index in [1.807, 2.05) is 0 Å². The molecule has 0 bridgehead atoms. The highest BCUT2D eigenvalue weighted by Gasteiger charge is 2.40. The number of hydrogen-bond donors (Lipinski definition) is 2. The summed E-state index contributed by atoms with van der Waals surface area (Å²) >= 11 is 0. The molecule has 118 valence electrons. The first-order valence-electron chi connectivity index (χ1n) is 6.56. The molecule has 0 spiro atoms. The number of methoxy groups -OCH3 is 1. The SMILES string of the molecule is COCCNC(=O)CCNC(c1ccccc1)C(F)(F)F. The van der Waals surface area contributed by atoms with Gasteiger partial charge in [-0.05, 0) is 5.56 Å². The summed E-state index contributed by atoms with van der Waals surface area (Å²) in [6.07, 6.45) is -4.43. The van der Waals surface area contributed by atoms with E-state index in [1.165, 1.54) is 19.2 Å². The molecule has 1 aromatic rings. The normalized spacial score (nSPS) is 13.0. The Morgan fingerprint density at radius 3 is 2.48 bits per heavy atom. The van der Waals surface area contributed by atoms with Gasteiger partial charge >= 0.3 is 6.18 Å². The molecule has 0 saturated heterocycles. The molecule has 0 aliphatic carbocycles. The largest absolute Gasteiger partial charge is 0.407 e. The first-order chi connectivity index (χ1) is 9.95. The molecule has 1 amide bonds. The maximum atomic E-state index is 13.0. The van der Waals surface area contributed by atoms with Crippen LogP contribution in [0.2, 0.25) is 0 Å². The van der Waals surface area contributed by atoms with Crippen LogP contribution < -0.4 is 10.6 Å². The van der Waals surface area contributed by atoms with Crippen LogP contribution in [0.3, 0.4) is 0 Å². The minimum absolute atomic E-state index is 0.0247. The molecule has 1 rings (SSSR count). The van der Waals surface area contributed by atoms with E-state index in [1.54, 1.807) is 18.2 Å². The summed E-state index contributed by atoms with van der Waals surface area (Å²) in [7, 11) is 1.50. The zero-order valence-electron chi connectivity index (χ0n) is 11.7. The maximum absolute atomic E-state index is 13.0. The van der Waals surface area contributed by atoms with Gasteiger partial charge in [0.1, 0.15) is 6.04 Å². The van der Waals surface area contributed by atoms with Crippen LogP contribution in [0.15, 0.2) is 30.3 Å². The van der Waals surface area contributed by atoms with E-state index < -0.39 is 12.2 Å². The summed E-state index contributed by atoms with van der Waals surface area (Å²) in [6.45, 7) is 0.656. The highest BCUT2D eigenvalue weighted by Crippen LogP contribution is 2.32. The quantitative estimate of drug-likeness (QED) is 0.723. The van der Waals surface area contributed by atoms with Gasteiger partial charge in [-0.25, -0.2) is 0 Å². The predicted octanol–water partition coefficient (Wildman–Crippen LogP) is 2.03. The van der Waals surface area contributed by atoms with Crippen LogP contribution in [-0.4, -0.2) is 38.9 Å². The van der Waals surface area contributed by atoms with Crippen LogP contribution in [0.4, 0.5) is 13.2 Å². The number of alkyl halides is 3. The molecular weight excluding hydrogens is 285 g/mol. The minimum Gasteiger partial charge on any atom is -0.383 e. The van der Waals surface area contributed by atoms with Gasteiger partial charge in [0.05, 0.1) is 6.61 Å². The van der Waals surface area contributed by atoms with Gasteiger partial charge in [0.15, 0.2) is 0 Å². The zero-order chi connectivity index (χ0) is 15.7. The third-order valence-corrected chi connectivity index (χ3v) is 2.79. The monoisotopic (exact) mass is 304 g/mol. The summed E-state index contributed by atoms with van der Waals surface area (Å²) < 4.78 is 43.8. The lowest BCUT2D eigenvalue weighted by molar-refractivity contribution is -0.158. The minimum atomic E-state index is -4.41. The number of hydrogen-bond acceptors (Lipinski definition) is 3. The summed E-state index contributed by atoms with van der Waals surface area (Å²) in [6, 6.07) is 5.79. The van der Waals surface area contributed by atoms with E-state index >= 15 is 0 Å². The number of amides is 1. The molecule has 1 aromatic carbocycles. The summed E-state index contributed by atoms with van der Waals surface area (Å²) in [4.78, 5) is 11.4. The van der Waals surface area contributed by atoms with Crippen molar-refractivity contribution in [3.8, 4) is 0 Å². The van der Waals surface area contributed by atoms with Gasteiger partial charge in [-0.15, -0.1) is 0 Å². The smallest absolute Gasteiger partial charge is 0.383 e. The fourth-order valence-corrected chi connectivity index (χ4v) is 1.78. The van der Waals surface area contributed by atoms with Crippen LogP contribution in [0.5, 0.6) is 0 Å². The highest BCUT2D eigenvalue weighted by atomic mass is 19.4. The Labute approximate surface area is 121 Å². The van der Waals surface area contributed by atoms with Crippen LogP contribution in [-0.2, 0) is 9.53 Å².